The van der Waals surface area contributed by atoms with Crippen LogP contribution in [0.3, 0.4) is 0 Å². The van der Waals surface area contributed by atoms with Crippen molar-refractivity contribution in [1.82, 2.24) is 5.32 Å². The number of hydrogen-bond acceptors (Lipinski definition) is 3. The summed E-state index contributed by atoms with van der Waals surface area (Å²) in [5, 5.41) is 2.54. The topological polar surface area (TPSA) is 63.2 Å². The highest BCUT2D eigenvalue weighted by atomic mass is 16.1. The van der Waals surface area contributed by atoms with E-state index in [0.717, 1.165) is 5.56 Å². The highest BCUT2D eigenvalue weighted by Gasteiger charge is 2.21. The first-order chi connectivity index (χ1) is 8.06. The zero-order valence-corrected chi connectivity index (χ0v) is 9.90. The molecule has 0 aromatic heterocycles. The van der Waals surface area contributed by atoms with Crippen molar-refractivity contribution >= 4 is 18.0 Å². The third-order valence-corrected chi connectivity index (χ3v) is 2.49. The van der Waals surface area contributed by atoms with Crippen molar-refractivity contribution in [2.45, 2.75) is 26.3 Å². The number of benzene rings is 1. The van der Waals surface area contributed by atoms with Gasteiger partial charge in [0.1, 0.15) is 17.5 Å². The van der Waals surface area contributed by atoms with Gasteiger partial charge in [-0.3, -0.25) is 14.4 Å². The molecule has 0 aliphatic carbocycles. The summed E-state index contributed by atoms with van der Waals surface area (Å²) in [4.78, 5) is 33.0. The van der Waals surface area contributed by atoms with E-state index in [0.29, 0.717) is 18.5 Å². The van der Waals surface area contributed by atoms with Crippen molar-refractivity contribution in [1.29, 1.82) is 0 Å². The maximum absolute atomic E-state index is 11.4. The maximum atomic E-state index is 11.4. The van der Waals surface area contributed by atoms with E-state index < -0.39 is 5.92 Å². The van der Waals surface area contributed by atoms with Gasteiger partial charge in [0.2, 0.25) is 6.41 Å². The van der Waals surface area contributed by atoms with Crippen molar-refractivity contribution in [2.75, 3.05) is 0 Å². The molecular weight excluding hydrogens is 218 g/mol. The second-order valence-electron chi connectivity index (χ2n) is 3.90. The predicted molar refractivity (Wildman–Crippen MR) is 63.4 cm³/mol. The summed E-state index contributed by atoms with van der Waals surface area (Å²) < 4.78 is 0. The Kier molecular flexibility index (Phi) is 4.57. The SMILES string of the molecule is CC(=O)C(C(C)=O)c1cccc(CNC=O)c1. The average molecular weight is 233 g/mol. The molecule has 4 nitrogen and oxygen atoms in total. The summed E-state index contributed by atoms with van der Waals surface area (Å²) in [5.74, 6) is -1.04. The van der Waals surface area contributed by atoms with Crippen LogP contribution in [0.5, 0.6) is 0 Å². The molecule has 1 amide bonds. The van der Waals surface area contributed by atoms with Gasteiger partial charge in [-0.15, -0.1) is 0 Å². The largest absolute Gasteiger partial charge is 0.355 e. The molecule has 90 valence electrons. The monoisotopic (exact) mass is 233 g/mol. The molecule has 1 N–H and O–H groups in total. The van der Waals surface area contributed by atoms with Crippen LogP contribution in [-0.2, 0) is 20.9 Å². The Morgan fingerprint density at radius 1 is 1.29 bits per heavy atom. The molecule has 0 spiro atoms. The Hall–Kier alpha value is -1.97. The minimum Gasteiger partial charge on any atom is -0.355 e. The average Bonchev–Trinajstić information content (AvgIpc) is 2.26. The fraction of sp³-hybridized carbons (Fsp3) is 0.308. The van der Waals surface area contributed by atoms with Crippen LogP contribution in [0.25, 0.3) is 0 Å². The highest BCUT2D eigenvalue weighted by Crippen LogP contribution is 2.19. The van der Waals surface area contributed by atoms with E-state index in [1.165, 1.54) is 13.8 Å². The van der Waals surface area contributed by atoms with Gasteiger partial charge in [-0.2, -0.15) is 0 Å². The summed E-state index contributed by atoms with van der Waals surface area (Å²) in [6.45, 7) is 3.20. The van der Waals surface area contributed by atoms with Gasteiger partial charge in [0, 0.05) is 6.54 Å². The second-order valence-corrected chi connectivity index (χ2v) is 3.90. The number of rotatable bonds is 6. The van der Waals surface area contributed by atoms with Crippen molar-refractivity contribution < 1.29 is 14.4 Å². The Morgan fingerprint density at radius 3 is 2.47 bits per heavy atom. The van der Waals surface area contributed by atoms with Crippen LogP contribution in [0, 0.1) is 0 Å². The number of ketones is 2. The van der Waals surface area contributed by atoms with Gasteiger partial charge in [0.15, 0.2) is 0 Å². The van der Waals surface area contributed by atoms with Gasteiger partial charge >= 0.3 is 0 Å². The van der Waals surface area contributed by atoms with E-state index in [4.69, 9.17) is 0 Å². The lowest BCUT2D eigenvalue weighted by molar-refractivity contribution is -0.126. The van der Waals surface area contributed by atoms with Gasteiger partial charge in [0.05, 0.1) is 0 Å². The molecule has 0 bridgehead atoms. The summed E-state index contributed by atoms with van der Waals surface area (Å²) >= 11 is 0. The van der Waals surface area contributed by atoms with Crippen LogP contribution >= 0.6 is 0 Å². The molecule has 1 aromatic rings. The van der Waals surface area contributed by atoms with E-state index in [9.17, 15) is 14.4 Å². The van der Waals surface area contributed by atoms with Crippen molar-refractivity contribution in [2.24, 2.45) is 0 Å². The molecule has 0 radical (unpaired) electrons. The summed E-state index contributed by atoms with van der Waals surface area (Å²) in [5.41, 5.74) is 1.54. The minimum atomic E-state index is -0.703. The quantitative estimate of drug-likeness (QED) is 0.593. The van der Waals surface area contributed by atoms with Crippen LogP contribution < -0.4 is 5.32 Å². The number of carbonyl (C=O) groups excluding carboxylic acids is 3. The lowest BCUT2D eigenvalue weighted by Crippen LogP contribution is -2.17. The van der Waals surface area contributed by atoms with Crippen molar-refractivity contribution in [3.05, 3.63) is 35.4 Å². The molecular formula is C13H15NO3. The van der Waals surface area contributed by atoms with E-state index in [-0.39, 0.29) is 11.6 Å². The van der Waals surface area contributed by atoms with Crippen LogP contribution in [-0.4, -0.2) is 18.0 Å². The van der Waals surface area contributed by atoms with E-state index in [1.54, 1.807) is 18.2 Å². The van der Waals surface area contributed by atoms with Gasteiger partial charge in [-0.1, -0.05) is 24.3 Å². The fourth-order valence-corrected chi connectivity index (χ4v) is 1.80. The third kappa shape index (κ3) is 3.52. The molecule has 0 atom stereocenters. The number of Topliss-reactive ketones (excluding diaryl/α,β-unsaturated/α-hetero) is 2. The van der Waals surface area contributed by atoms with Gasteiger partial charge in [-0.25, -0.2) is 0 Å². The molecule has 0 heterocycles. The summed E-state index contributed by atoms with van der Waals surface area (Å²) in [6.07, 6.45) is 0.611. The van der Waals surface area contributed by atoms with Crippen molar-refractivity contribution in [3.8, 4) is 0 Å². The van der Waals surface area contributed by atoms with Crippen LogP contribution in [0.2, 0.25) is 0 Å². The highest BCUT2D eigenvalue weighted by molar-refractivity contribution is 6.05. The van der Waals surface area contributed by atoms with Gasteiger partial charge in [-0.05, 0) is 25.0 Å². The first kappa shape index (κ1) is 13.1. The number of nitrogens with one attached hydrogen (secondary N) is 1. The molecule has 1 rings (SSSR count). The molecule has 0 unspecified atom stereocenters. The predicted octanol–water partition coefficient (Wildman–Crippen LogP) is 1.19. The number of amides is 1. The summed E-state index contributed by atoms with van der Waals surface area (Å²) in [7, 11) is 0. The standard InChI is InChI=1S/C13H15NO3/c1-9(16)13(10(2)17)12-5-3-4-11(6-12)7-14-8-15/h3-6,8,13H,7H2,1-2H3,(H,14,15). The normalized spacial score (nSPS) is 10.1. The van der Waals surface area contributed by atoms with Gasteiger partial charge in [0.25, 0.3) is 0 Å². The zero-order valence-electron chi connectivity index (χ0n) is 9.90. The first-order valence-corrected chi connectivity index (χ1v) is 5.33. The Bertz CT molecular complexity index is 426. The van der Waals surface area contributed by atoms with E-state index in [2.05, 4.69) is 5.32 Å². The lowest BCUT2D eigenvalue weighted by Gasteiger charge is -2.12. The lowest BCUT2D eigenvalue weighted by atomic mass is 9.91. The molecule has 0 fully saturated rings. The minimum absolute atomic E-state index is 0.169. The first-order valence-electron chi connectivity index (χ1n) is 5.33. The Labute approximate surface area is 100 Å². The molecule has 1 aromatic carbocycles. The second kappa shape index (κ2) is 5.94. The van der Waals surface area contributed by atoms with Crippen LogP contribution in [0.4, 0.5) is 0 Å². The Morgan fingerprint density at radius 2 is 1.94 bits per heavy atom. The molecule has 17 heavy (non-hydrogen) atoms. The van der Waals surface area contributed by atoms with Crippen LogP contribution in [0.1, 0.15) is 30.9 Å². The molecule has 4 heteroatoms. The summed E-state index contributed by atoms with van der Waals surface area (Å²) in [6, 6.07) is 7.12. The number of carbonyl (C=O) groups is 3. The van der Waals surface area contributed by atoms with Gasteiger partial charge < -0.3 is 5.32 Å². The third-order valence-electron chi connectivity index (χ3n) is 2.49. The van der Waals surface area contributed by atoms with E-state index in [1.807, 2.05) is 6.07 Å². The Balaban J connectivity index is 2.99. The zero-order chi connectivity index (χ0) is 12.8. The fourth-order valence-electron chi connectivity index (χ4n) is 1.80. The molecule has 0 saturated carbocycles. The smallest absolute Gasteiger partial charge is 0.207 e. The number of hydrogen-bond donors (Lipinski definition) is 1. The molecule has 0 aliphatic heterocycles. The van der Waals surface area contributed by atoms with Crippen LogP contribution in [0.15, 0.2) is 24.3 Å². The van der Waals surface area contributed by atoms with E-state index >= 15 is 0 Å². The van der Waals surface area contributed by atoms with Crippen molar-refractivity contribution in [3.63, 3.8) is 0 Å². The molecule has 0 aliphatic rings. The maximum Gasteiger partial charge on any atom is 0.207 e. The molecule has 0 saturated heterocycles.